The van der Waals surface area contributed by atoms with Crippen LogP contribution in [0.1, 0.15) is 27.7 Å². The Morgan fingerprint density at radius 2 is 1.79 bits per heavy atom. The molecule has 0 aliphatic rings. The molecule has 0 aliphatic carbocycles. The van der Waals surface area contributed by atoms with Gasteiger partial charge in [0.2, 0.25) is 0 Å². The van der Waals surface area contributed by atoms with Gasteiger partial charge < -0.3 is 9.47 Å². The first-order valence-electron chi connectivity index (χ1n) is 4.60. The minimum Gasteiger partial charge on any atom is -0.467 e. The molecule has 14 heavy (non-hydrogen) atoms. The highest BCUT2D eigenvalue weighted by molar-refractivity contribution is 5.38. The molecular weight excluding hydrogens is 184 g/mol. The maximum Gasteiger partial charge on any atom is 0.293 e. The van der Waals surface area contributed by atoms with Crippen LogP contribution in [0.15, 0.2) is 0 Å². The van der Waals surface area contributed by atoms with Crippen LogP contribution in [0, 0.1) is 11.3 Å². The number of hydrogen-bond donors (Lipinski definition) is 0. The van der Waals surface area contributed by atoms with Crippen LogP contribution in [-0.4, -0.2) is 25.7 Å². The van der Waals surface area contributed by atoms with Crippen molar-refractivity contribution >= 4 is 12.9 Å². The zero-order valence-electron chi connectivity index (χ0n) is 9.15. The van der Waals surface area contributed by atoms with Crippen LogP contribution in [0.25, 0.3) is 0 Å². The Morgan fingerprint density at radius 3 is 2.14 bits per heavy atom. The second-order valence-electron chi connectivity index (χ2n) is 4.29. The molecule has 0 spiro atoms. The van der Waals surface area contributed by atoms with Crippen LogP contribution < -0.4 is 0 Å². The molecule has 0 aromatic rings. The lowest BCUT2D eigenvalue weighted by atomic mass is 9.81. The van der Waals surface area contributed by atoms with E-state index in [4.69, 9.17) is 9.47 Å². The molecule has 0 aromatic carbocycles. The molecule has 4 heteroatoms. The SMILES string of the molecule is CC(C)[C@H](OC=O)C(C)(C)COC=O. The van der Waals surface area contributed by atoms with Crippen LogP contribution in [0.5, 0.6) is 0 Å². The van der Waals surface area contributed by atoms with E-state index in [1.54, 1.807) is 0 Å². The second kappa shape index (κ2) is 5.62. The zero-order chi connectivity index (χ0) is 11.2. The Balaban J connectivity index is 4.43. The standard InChI is InChI=1S/C10H18O4/c1-8(2)9(14-7-12)10(3,4)5-13-6-11/h6-9H,5H2,1-4H3/t9-/m0/s1. The summed E-state index contributed by atoms with van der Waals surface area (Å²) in [7, 11) is 0. The molecule has 0 aromatic heterocycles. The van der Waals surface area contributed by atoms with Gasteiger partial charge in [0.05, 0.1) is 6.61 Å². The Bertz CT molecular complexity index is 187. The summed E-state index contributed by atoms with van der Waals surface area (Å²) in [6.07, 6.45) is -0.250. The monoisotopic (exact) mass is 202 g/mol. The van der Waals surface area contributed by atoms with Gasteiger partial charge in [-0.1, -0.05) is 27.7 Å². The van der Waals surface area contributed by atoms with Crippen molar-refractivity contribution in [1.82, 2.24) is 0 Å². The highest BCUT2D eigenvalue weighted by Crippen LogP contribution is 2.28. The summed E-state index contributed by atoms with van der Waals surface area (Å²) < 4.78 is 9.69. The van der Waals surface area contributed by atoms with Crippen molar-refractivity contribution in [3.8, 4) is 0 Å². The van der Waals surface area contributed by atoms with Crippen molar-refractivity contribution in [3.63, 3.8) is 0 Å². The van der Waals surface area contributed by atoms with Gasteiger partial charge in [0.15, 0.2) is 0 Å². The molecule has 0 saturated heterocycles. The Labute approximate surface area is 84.6 Å². The second-order valence-corrected chi connectivity index (χ2v) is 4.29. The average molecular weight is 202 g/mol. The van der Waals surface area contributed by atoms with Gasteiger partial charge in [-0.05, 0) is 5.92 Å². The fraction of sp³-hybridized carbons (Fsp3) is 0.800. The highest BCUT2D eigenvalue weighted by atomic mass is 16.5. The van der Waals surface area contributed by atoms with E-state index in [2.05, 4.69) is 0 Å². The van der Waals surface area contributed by atoms with E-state index in [9.17, 15) is 9.59 Å². The zero-order valence-corrected chi connectivity index (χ0v) is 9.15. The van der Waals surface area contributed by atoms with E-state index in [0.29, 0.717) is 12.9 Å². The maximum absolute atomic E-state index is 10.3. The fourth-order valence-corrected chi connectivity index (χ4v) is 1.63. The third-order valence-electron chi connectivity index (χ3n) is 2.10. The molecule has 4 nitrogen and oxygen atoms in total. The number of rotatable bonds is 7. The summed E-state index contributed by atoms with van der Waals surface area (Å²) in [4.78, 5) is 20.4. The molecule has 0 fully saturated rings. The fourth-order valence-electron chi connectivity index (χ4n) is 1.63. The minimum absolute atomic E-state index is 0.186. The molecule has 0 bridgehead atoms. The predicted molar refractivity (Wildman–Crippen MR) is 51.6 cm³/mol. The Kier molecular flexibility index (Phi) is 5.20. The lowest BCUT2D eigenvalue weighted by Gasteiger charge is -2.34. The van der Waals surface area contributed by atoms with Crippen LogP contribution >= 0.6 is 0 Å². The van der Waals surface area contributed by atoms with Crippen LogP contribution in [0.2, 0.25) is 0 Å². The topological polar surface area (TPSA) is 52.6 Å². The van der Waals surface area contributed by atoms with E-state index in [-0.39, 0.29) is 24.0 Å². The van der Waals surface area contributed by atoms with Gasteiger partial charge in [-0.15, -0.1) is 0 Å². The number of carbonyl (C=O) groups excluding carboxylic acids is 2. The number of hydrogen-bond acceptors (Lipinski definition) is 4. The maximum atomic E-state index is 10.3. The van der Waals surface area contributed by atoms with Crippen LogP contribution in [0.3, 0.4) is 0 Å². The van der Waals surface area contributed by atoms with Gasteiger partial charge in [-0.2, -0.15) is 0 Å². The summed E-state index contributed by atoms with van der Waals surface area (Å²) in [6, 6.07) is 0. The number of ether oxygens (including phenoxy) is 2. The van der Waals surface area contributed by atoms with E-state index in [1.165, 1.54) is 0 Å². The molecule has 0 amide bonds. The summed E-state index contributed by atoms with van der Waals surface area (Å²) in [6.45, 7) is 8.78. The van der Waals surface area contributed by atoms with E-state index < -0.39 is 0 Å². The molecule has 0 aliphatic heterocycles. The first kappa shape index (κ1) is 12.9. The van der Waals surface area contributed by atoms with E-state index in [0.717, 1.165) is 0 Å². The van der Waals surface area contributed by atoms with E-state index >= 15 is 0 Å². The van der Waals surface area contributed by atoms with Crippen molar-refractivity contribution in [1.29, 1.82) is 0 Å². The third kappa shape index (κ3) is 3.77. The lowest BCUT2D eigenvalue weighted by molar-refractivity contribution is -0.149. The molecular formula is C10H18O4. The average Bonchev–Trinajstić information content (AvgIpc) is 2.10. The van der Waals surface area contributed by atoms with Crippen LogP contribution in [-0.2, 0) is 19.1 Å². The Morgan fingerprint density at radius 1 is 1.21 bits per heavy atom. The highest BCUT2D eigenvalue weighted by Gasteiger charge is 2.34. The van der Waals surface area contributed by atoms with Gasteiger partial charge in [-0.3, -0.25) is 9.59 Å². The molecule has 0 unspecified atom stereocenters. The first-order valence-corrected chi connectivity index (χ1v) is 4.60. The third-order valence-corrected chi connectivity index (χ3v) is 2.10. The van der Waals surface area contributed by atoms with Gasteiger partial charge in [0.25, 0.3) is 12.9 Å². The van der Waals surface area contributed by atoms with Gasteiger partial charge in [0, 0.05) is 5.41 Å². The van der Waals surface area contributed by atoms with Crippen molar-refractivity contribution in [2.24, 2.45) is 11.3 Å². The molecule has 1 atom stereocenters. The smallest absolute Gasteiger partial charge is 0.293 e. The Hall–Kier alpha value is -1.06. The number of carbonyl (C=O) groups is 2. The largest absolute Gasteiger partial charge is 0.467 e. The quantitative estimate of drug-likeness (QED) is 0.585. The van der Waals surface area contributed by atoms with Crippen molar-refractivity contribution < 1.29 is 19.1 Å². The summed E-state index contributed by atoms with van der Waals surface area (Å²) in [5.41, 5.74) is -0.365. The lowest BCUT2D eigenvalue weighted by Crippen LogP contribution is -2.39. The molecule has 0 radical (unpaired) electrons. The molecule has 0 saturated carbocycles. The van der Waals surface area contributed by atoms with Gasteiger partial charge in [0.1, 0.15) is 6.10 Å². The molecule has 0 N–H and O–H groups in total. The van der Waals surface area contributed by atoms with Crippen molar-refractivity contribution in [2.75, 3.05) is 6.61 Å². The predicted octanol–water partition coefficient (Wildman–Crippen LogP) is 1.38. The van der Waals surface area contributed by atoms with E-state index in [1.807, 2.05) is 27.7 Å². The van der Waals surface area contributed by atoms with Crippen LogP contribution in [0.4, 0.5) is 0 Å². The van der Waals surface area contributed by atoms with Crippen molar-refractivity contribution in [2.45, 2.75) is 33.8 Å². The van der Waals surface area contributed by atoms with Crippen molar-refractivity contribution in [3.05, 3.63) is 0 Å². The molecule has 0 heterocycles. The van der Waals surface area contributed by atoms with Gasteiger partial charge >= 0.3 is 0 Å². The minimum atomic E-state index is -0.365. The summed E-state index contributed by atoms with van der Waals surface area (Å²) in [5, 5.41) is 0. The summed E-state index contributed by atoms with van der Waals surface area (Å²) in [5.74, 6) is 0.186. The van der Waals surface area contributed by atoms with Gasteiger partial charge in [-0.25, -0.2) is 0 Å². The summed E-state index contributed by atoms with van der Waals surface area (Å²) >= 11 is 0. The molecule has 82 valence electrons. The first-order chi connectivity index (χ1) is 6.45. The normalized spacial score (nSPS) is 13.5. The molecule has 0 rings (SSSR count).